The van der Waals surface area contributed by atoms with Crippen molar-refractivity contribution in [1.82, 2.24) is 5.32 Å². The van der Waals surface area contributed by atoms with E-state index in [1.165, 1.54) is 6.92 Å². The molecule has 2 atom stereocenters. The van der Waals surface area contributed by atoms with E-state index in [9.17, 15) is 14.7 Å². The molecule has 1 amide bonds. The van der Waals surface area contributed by atoms with Crippen LogP contribution in [0.1, 0.15) is 34.6 Å². The van der Waals surface area contributed by atoms with Gasteiger partial charge in [0.2, 0.25) is 0 Å². The van der Waals surface area contributed by atoms with Crippen LogP contribution < -0.4 is 16.2 Å². The minimum Gasteiger partial charge on any atom is -0.548 e. The smallest absolute Gasteiger partial charge is 0.408 e. The third-order valence-electron chi connectivity index (χ3n) is 1.41. The summed E-state index contributed by atoms with van der Waals surface area (Å²) in [4.78, 5) is 21.6. The van der Waals surface area contributed by atoms with E-state index in [0.29, 0.717) is 0 Å². The molecule has 7 nitrogen and oxygen atoms in total. The molecule has 0 unspecified atom stereocenters. The highest BCUT2D eigenvalue weighted by atomic mass is 16.6. The SMILES string of the molecule is CC[NH3+].C[C@@H](O)[C@H](NC(=O)OC(C)(C)C)C(=O)[O-]. The molecule has 18 heavy (non-hydrogen) atoms. The van der Waals surface area contributed by atoms with E-state index in [0.717, 1.165) is 6.54 Å². The Morgan fingerprint density at radius 1 is 1.44 bits per heavy atom. The zero-order chi connectivity index (χ0) is 14.9. The van der Waals surface area contributed by atoms with Crippen LogP contribution in [0, 0.1) is 0 Å². The van der Waals surface area contributed by atoms with Gasteiger partial charge in [-0.1, -0.05) is 0 Å². The Bertz CT molecular complexity index is 261. The second-order valence-corrected chi connectivity index (χ2v) is 4.68. The maximum absolute atomic E-state index is 11.1. The van der Waals surface area contributed by atoms with E-state index in [1.54, 1.807) is 20.8 Å². The molecule has 0 aromatic heterocycles. The molecule has 0 fully saturated rings. The quantitative estimate of drug-likeness (QED) is 0.557. The molecule has 0 aliphatic carbocycles. The van der Waals surface area contributed by atoms with E-state index in [4.69, 9.17) is 9.84 Å². The summed E-state index contributed by atoms with van der Waals surface area (Å²) in [6.07, 6.45) is -2.15. The Kier molecular flexibility index (Phi) is 9.20. The molecule has 5 N–H and O–H groups in total. The van der Waals surface area contributed by atoms with Crippen molar-refractivity contribution in [2.45, 2.75) is 52.4 Å². The van der Waals surface area contributed by atoms with Crippen molar-refractivity contribution in [2.24, 2.45) is 0 Å². The lowest BCUT2D eigenvalue weighted by atomic mass is 10.2. The monoisotopic (exact) mass is 264 g/mol. The summed E-state index contributed by atoms with van der Waals surface area (Å²) >= 11 is 0. The average molecular weight is 264 g/mol. The van der Waals surface area contributed by atoms with E-state index in [2.05, 4.69) is 5.73 Å². The molecule has 7 heteroatoms. The first-order chi connectivity index (χ1) is 8.05. The molecule has 0 saturated heterocycles. The Balaban J connectivity index is 0. The van der Waals surface area contributed by atoms with Gasteiger partial charge in [0, 0.05) is 0 Å². The van der Waals surface area contributed by atoms with E-state index in [-0.39, 0.29) is 0 Å². The number of ether oxygens (including phenoxy) is 1. The highest BCUT2D eigenvalue weighted by Gasteiger charge is 2.22. The Hall–Kier alpha value is -1.34. The van der Waals surface area contributed by atoms with Gasteiger partial charge in [-0.2, -0.15) is 0 Å². The lowest BCUT2D eigenvalue weighted by Gasteiger charge is -2.25. The van der Waals surface area contributed by atoms with Gasteiger partial charge in [0.25, 0.3) is 0 Å². The Morgan fingerprint density at radius 3 is 2.06 bits per heavy atom. The minimum absolute atomic E-state index is 0.723. The number of aliphatic hydroxyl groups is 1. The number of alkyl carbamates (subject to hydrolysis) is 1. The summed E-state index contributed by atoms with van der Waals surface area (Å²) < 4.78 is 4.82. The Labute approximate surface area is 107 Å². The number of hydrogen-bond donors (Lipinski definition) is 3. The first kappa shape index (κ1) is 19.0. The molecule has 0 aromatic carbocycles. The van der Waals surface area contributed by atoms with Gasteiger partial charge in [0.15, 0.2) is 0 Å². The first-order valence-electron chi connectivity index (χ1n) is 5.72. The number of amides is 1. The van der Waals surface area contributed by atoms with Crippen molar-refractivity contribution in [1.29, 1.82) is 0 Å². The number of quaternary nitrogens is 1. The van der Waals surface area contributed by atoms with E-state index in [1.807, 2.05) is 12.2 Å². The number of aliphatic carboxylic acids is 1. The highest BCUT2D eigenvalue weighted by Crippen LogP contribution is 2.07. The van der Waals surface area contributed by atoms with Gasteiger partial charge in [0.05, 0.1) is 24.7 Å². The van der Waals surface area contributed by atoms with Crippen molar-refractivity contribution in [2.75, 3.05) is 6.54 Å². The largest absolute Gasteiger partial charge is 0.548 e. The summed E-state index contributed by atoms with van der Waals surface area (Å²) in [6, 6.07) is -1.47. The number of nitrogens with one attached hydrogen (secondary N) is 1. The summed E-state index contributed by atoms with van der Waals surface area (Å²) in [5, 5.41) is 21.5. The average Bonchev–Trinajstić information content (AvgIpc) is 2.11. The molecular weight excluding hydrogens is 240 g/mol. The molecule has 0 rings (SSSR count). The maximum atomic E-state index is 11.1. The van der Waals surface area contributed by atoms with Crippen LogP contribution in [-0.4, -0.2) is 41.5 Å². The maximum Gasteiger partial charge on any atom is 0.408 e. The molecule has 0 aliphatic heterocycles. The summed E-state index contributed by atoms with van der Waals surface area (Å²) in [5.74, 6) is -1.56. The van der Waals surface area contributed by atoms with Gasteiger partial charge in [0.1, 0.15) is 5.60 Å². The predicted octanol–water partition coefficient (Wildman–Crippen LogP) is -1.74. The van der Waals surface area contributed by atoms with Crippen LogP contribution in [0.4, 0.5) is 4.79 Å². The Morgan fingerprint density at radius 2 is 1.83 bits per heavy atom. The van der Waals surface area contributed by atoms with Crippen molar-refractivity contribution >= 4 is 12.1 Å². The van der Waals surface area contributed by atoms with Gasteiger partial charge in [-0.05, 0) is 34.6 Å². The van der Waals surface area contributed by atoms with E-state index < -0.39 is 29.8 Å². The third-order valence-corrected chi connectivity index (χ3v) is 1.41. The number of rotatable bonds is 3. The van der Waals surface area contributed by atoms with Crippen LogP contribution >= 0.6 is 0 Å². The number of carboxylic acid groups (broad SMARTS) is 1. The van der Waals surface area contributed by atoms with Crippen molar-refractivity contribution in [3.63, 3.8) is 0 Å². The normalized spacial score (nSPS) is 13.7. The van der Waals surface area contributed by atoms with Crippen LogP contribution in [0.25, 0.3) is 0 Å². The number of carboxylic acids is 1. The topological polar surface area (TPSA) is 126 Å². The molecule has 108 valence electrons. The van der Waals surface area contributed by atoms with Crippen LogP contribution in [-0.2, 0) is 9.53 Å². The first-order valence-corrected chi connectivity index (χ1v) is 5.72. The van der Waals surface area contributed by atoms with Gasteiger partial charge < -0.3 is 30.8 Å². The van der Waals surface area contributed by atoms with Crippen LogP contribution in [0.3, 0.4) is 0 Å². The molecular formula is C11H24N2O5. The lowest BCUT2D eigenvalue weighted by Crippen LogP contribution is -2.54. The van der Waals surface area contributed by atoms with Crippen molar-refractivity contribution < 1.29 is 30.3 Å². The fraction of sp³-hybridized carbons (Fsp3) is 0.818. The standard InChI is InChI=1S/C9H17NO5.C2H7N/c1-5(11)6(7(12)13)10-8(14)15-9(2,3)4;1-2-3/h5-6,11H,1-4H3,(H,10,14)(H,12,13);2-3H2,1H3/t5-,6+;/m1./s1. The lowest BCUT2D eigenvalue weighted by molar-refractivity contribution is -0.361. The predicted molar refractivity (Wildman–Crippen MR) is 63.3 cm³/mol. The molecule has 0 saturated carbocycles. The van der Waals surface area contributed by atoms with E-state index >= 15 is 0 Å². The van der Waals surface area contributed by atoms with Crippen molar-refractivity contribution in [3.05, 3.63) is 0 Å². The second-order valence-electron chi connectivity index (χ2n) is 4.68. The fourth-order valence-corrected chi connectivity index (χ4v) is 0.811. The third kappa shape index (κ3) is 11.2. The van der Waals surface area contributed by atoms with Crippen LogP contribution in [0.2, 0.25) is 0 Å². The minimum atomic E-state index is -1.56. The molecule has 0 heterocycles. The number of carbonyl (C=O) groups is 2. The second kappa shape index (κ2) is 8.71. The molecule has 0 aromatic rings. The van der Waals surface area contributed by atoms with Crippen LogP contribution in [0.5, 0.6) is 0 Å². The summed E-state index contributed by atoms with van der Waals surface area (Å²) in [5.41, 5.74) is 2.76. The molecule has 0 aliphatic rings. The summed E-state index contributed by atoms with van der Waals surface area (Å²) in [6.45, 7) is 9.17. The van der Waals surface area contributed by atoms with Gasteiger partial charge in [-0.25, -0.2) is 4.79 Å². The zero-order valence-corrected chi connectivity index (χ0v) is 11.6. The molecule has 0 spiro atoms. The highest BCUT2D eigenvalue weighted by molar-refractivity contribution is 5.79. The van der Waals surface area contributed by atoms with Crippen LogP contribution in [0.15, 0.2) is 0 Å². The van der Waals surface area contributed by atoms with Gasteiger partial charge >= 0.3 is 6.09 Å². The number of hydrogen-bond acceptors (Lipinski definition) is 5. The number of carbonyl (C=O) groups excluding carboxylic acids is 2. The van der Waals surface area contributed by atoms with Gasteiger partial charge in [-0.15, -0.1) is 0 Å². The van der Waals surface area contributed by atoms with Crippen molar-refractivity contribution in [3.8, 4) is 0 Å². The van der Waals surface area contributed by atoms with Gasteiger partial charge in [-0.3, -0.25) is 0 Å². The zero-order valence-electron chi connectivity index (χ0n) is 11.6. The molecule has 0 bridgehead atoms. The number of aliphatic hydroxyl groups excluding tert-OH is 1. The molecule has 0 radical (unpaired) electrons. The summed E-state index contributed by atoms with van der Waals surface area (Å²) in [7, 11) is 0. The fourth-order valence-electron chi connectivity index (χ4n) is 0.811.